The minimum absolute atomic E-state index is 0.00442. The molecule has 128 valence electrons. The Hall–Kier alpha value is -2.25. The summed E-state index contributed by atoms with van der Waals surface area (Å²) in [5.41, 5.74) is 1.05. The molecule has 1 fully saturated rings. The van der Waals surface area contributed by atoms with Crippen molar-refractivity contribution in [2.24, 2.45) is 7.05 Å². The SMILES string of the molecule is CO[C@@H]1C[C@@H](c2nncn2C)N(C(=O)COCc2ccccc2)C1. The number of likely N-dealkylation sites (tertiary alicyclic amines) is 1. The van der Waals surface area contributed by atoms with Gasteiger partial charge in [0.2, 0.25) is 5.91 Å². The molecule has 1 aromatic heterocycles. The minimum atomic E-state index is -0.129. The Morgan fingerprint density at radius 2 is 2.12 bits per heavy atom. The number of ether oxygens (including phenoxy) is 2. The molecule has 1 saturated heterocycles. The number of carbonyl (C=O) groups excluding carboxylic acids is 1. The first-order valence-corrected chi connectivity index (χ1v) is 7.97. The van der Waals surface area contributed by atoms with Gasteiger partial charge in [0, 0.05) is 27.1 Å². The molecule has 0 saturated carbocycles. The smallest absolute Gasteiger partial charge is 0.249 e. The van der Waals surface area contributed by atoms with Crippen molar-refractivity contribution in [2.45, 2.75) is 25.2 Å². The zero-order valence-corrected chi connectivity index (χ0v) is 14.0. The molecule has 1 aliphatic heterocycles. The summed E-state index contributed by atoms with van der Waals surface area (Å²) in [5.74, 6) is 0.712. The highest BCUT2D eigenvalue weighted by molar-refractivity contribution is 5.78. The molecule has 1 aromatic carbocycles. The lowest BCUT2D eigenvalue weighted by atomic mass is 10.2. The second-order valence-corrected chi connectivity index (χ2v) is 5.93. The molecule has 0 aliphatic carbocycles. The highest BCUT2D eigenvalue weighted by Gasteiger charge is 2.38. The quantitative estimate of drug-likeness (QED) is 0.799. The molecular weight excluding hydrogens is 308 g/mol. The molecule has 0 N–H and O–H groups in total. The Bertz CT molecular complexity index is 673. The van der Waals surface area contributed by atoms with Gasteiger partial charge < -0.3 is 18.9 Å². The third-order valence-electron chi connectivity index (χ3n) is 4.30. The van der Waals surface area contributed by atoms with Crippen molar-refractivity contribution in [2.75, 3.05) is 20.3 Å². The molecule has 0 unspecified atom stereocenters. The Morgan fingerprint density at radius 3 is 2.79 bits per heavy atom. The predicted octanol–water partition coefficient (Wildman–Crippen LogP) is 1.32. The summed E-state index contributed by atoms with van der Waals surface area (Å²) in [6.45, 7) is 1.00. The van der Waals surface area contributed by atoms with Crippen LogP contribution in [0.25, 0.3) is 0 Å². The van der Waals surface area contributed by atoms with Gasteiger partial charge in [-0.15, -0.1) is 10.2 Å². The summed E-state index contributed by atoms with van der Waals surface area (Å²) >= 11 is 0. The molecule has 0 bridgehead atoms. The van der Waals surface area contributed by atoms with Crippen LogP contribution in [0.4, 0.5) is 0 Å². The fourth-order valence-electron chi connectivity index (χ4n) is 3.00. The average molecular weight is 330 g/mol. The van der Waals surface area contributed by atoms with Crippen LogP contribution in [-0.2, 0) is 27.9 Å². The Kier molecular flexibility index (Phi) is 5.22. The van der Waals surface area contributed by atoms with Crippen molar-refractivity contribution in [1.29, 1.82) is 0 Å². The van der Waals surface area contributed by atoms with Gasteiger partial charge in [-0.05, 0) is 5.56 Å². The average Bonchev–Trinajstić information content (AvgIpc) is 3.21. The molecule has 2 atom stereocenters. The first-order valence-electron chi connectivity index (χ1n) is 7.97. The van der Waals surface area contributed by atoms with E-state index in [0.29, 0.717) is 19.6 Å². The fraction of sp³-hybridized carbons (Fsp3) is 0.471. The van der Waals surface area contributed by atoms with E-state index in [2.05, 4.69) is 10.2 Å². The van der Waals surface area contributed by atoms with Crippen LogP contribution in [0.2, 0.25) is 0 Å². The molecular formula is C17H22N4O3. The summed E-state index contributed by atoms with van der Waals surface area (Å²) in [5, 5.41) is 8.07. The van der Waals surface area contributed by atoms with Gasteiger partial charge in [-0.25, -0.2) is 0 Å². The van der Waals surface area contributed by atoms with Gasteiger partial charge in [-0.1, -0.05) is 30.3 Å². The molecule has 7 nitrogen and oxygen atoms in total. The van der Waals surface area contributed by atoms with Crippen molar-refractivity contribution in [1.82, 2.24) is 19.7 Å². The van der Waals surface area contributed by atoms with E-state index in [1.807, 2.05) is 41.9 Å². The standard InChI is InChI=1S/C17H22N4O3/c1-20-12-18-19-17(20)15-8-14(23-2)9-21(15)16(22)11-24-10-13-6-4-3-5-7-13/h3-7,12,14-15H,8-11H2,1-2H3/t14-,15+/m1/s1. The summed E-state index contributed by atoms with van der Waals surface area (Å²) in [7, 11) is 3.54. The summed E-state index contributed by atoms with van der Waals surface area (Å²) in [6, 6.07) is 9.68. The number of carbonyl (C=O) groups is 1. The van der Waals surface area contributed by atoms with E-state index < -0.39 is 0 Å². The number of nitrogens with zero attached hydrogens (tertiary/aromatic N) is 4. The summed E-state index contributed by atoms with van der Waals surface area (Å²) < 4.78 is 12.9. The largest absolute Gasteiger partial charge is 0.380 e. The van der Waals surface area contributed by atoms with Gasteiger partial charge in [-0.2, -0.15) is 0 Å². The molecule has 0 spiro atoms. The number of aryl methyl sites for hydroxylation is 1. The Labute approximate surface area is 141 Å². The number of benzene rings is 1. The number of amides is 1. The number of hydrogen-bond acceptors (Lipinski definition) is 5. The van der Waals surface area contributed by atoms with Gasteiger partial charge in [-0.3, -0.25) is 4.79 Å². The highest BCUT2D eigenvalue weighted by atomic mass is 16.5. The molecule has 1 aliphatic rings. The van der Waals surface area contributed by atoms with Crippen molar-refractivity contribution in [3.05, 3.63) is 48.0 Å². The van der Waals surface area contributed by atoms with E-state index in [1.54, 1.807) is 18.3 Å². The van der Waals surface area contributed by atoms with Gasteiger partial charge in [0.25, 0.3) is 0 Å². The van der Waals surface area contributed by atoms with Crippen molar-refractivity contribution >= 4 is 5.91 Å². The van der Waals surface area contributed by atoms with E-state index in [1.165, 1.54) is 0 Å². The lowest BCUT2D eigenvalue weighted by Gasteiger charge is -2.23. The third kappa shape index (κ3) is 3.63. The lowest BCUT2D eigenvalue weighted by Crippen LogP contribution is -2.35. The topological polar surface area (TPSA) is 69.5 Å². The van der Waals surface area contributed by atoms with Crippen LogP contribution >= 0.6 is 0 Å². The van der Waals surface area contributed by atoms with E-state index >= 15 is 0 Å². The monoisotopic (exact) mass is 330 g/mol. The summed E-state index contributed by atoms with van der Waals surface area (Å²) in [4.78, 5) is 14.4. The van der Waals surface area contributed by atoms with Gasteiger partial charge in [0.05, 0.1) is 18.8 Å². The van der Waals surface area contributed by atoms with E-state index in [0.717, 1.165) is 11.4 Å². The first kappa shape index (κ1) is 16.6. The zero-order valence-electron chi connectivity index (χ0n) is 14.0. The van der Waals surface area contributed by atoms with Crippen molar-refractivity contribution < 1.29 is 14.3 Å². The Balaban J connectivity index is 1.62. The highest BCUT2D eigenvalue weighted by Crippen LogP contribution is 2.32. The van der Waals surface area contributed by atoms with Crippen LogP contribution in [0, 0.1) is 0 Å². The third-order valence-corrected chi connectivity index (χ3v) is 4.30. The van der Waals surface area contributed by atoms with Crippen LogP contribution < -0.4 is 0 Å². The van der Waals surface area contributed by atoms with Crippen LogP contribution in [0.5, 0.6) is 0 Å². The van der Waals surface area contributed by atoms with Crippen LogP contribution in [0.3, 0.4) is 0 Å². The molecule has 24 heavy (non-hydrogen) atoms. The number of rotatable bonds is 6. The van der Waals surface area contributed by atoms with Crippen molar-refractivity contribution in [3.8, 4) is 0 Å². The van der Waals surface area contributed by atoms with E-state index in [-0.39, 0.29) is 24.7 Å². The molecule has 2 heterocycles. The van der Waals surface area contributed by atoms with Gasteiger partial charge >= 0.3 is 0 Å². The number of aromatic nitrogens is 3. The van der Waals surface area contributed by atoms with Crippen LogP contribution in [0.1, 0.15) is 23.9 Å². The van der Waals surface area contributed by atoms with Gasteiger partial charge in [0.1, 0.15) is 12.9 Å². The second-order valence-electron chi connectivity index (χ2n) is 5.93. The number of hydrogen-bond donors (Lipinski definition) is 0. The predicted molar refractivity (Wildman–Crippen MR) is 87.0 cm³/mol. The molecule has 1 amide bonds. The second kappa shape index (κ2) is 7.55. The molecule has 3 rings (SSSR count). The first-order chi connectivity index (χ1) is 11.7. The molecule has 2 aromatic rings. The normalized spacial score (nSPS) is 20.5. The summed E-state index contributed by atoms with van der Waals surface area (Å²) in [6.07, 6.45) is 2.36. The van der Waals surface area contributed by atoms with Crippen LogP contribution in [0.15, 0.2) is 36.7 Å². The minimum Gasteiger partial charge on any atom is -0.380 e. The maximum Gasteiger partial charge on any atom is 0.249 e. The van der Waals surface area contributed by atoms with Gasteiger partial charge in [0.15, 0.2) is 5.82 Å². The Morgan fingerprint density at radius 1 is 1.33 bits per heavy atom. The maximum absolute atomic E-state index is 12.6. The van der Waals surface area contributed by atoms with E-state index in [4.69, 9.17) is 9.47 Å². The fourth-order valence-corrected chi connectivity index (χ4v) is 3.00. The van der Waals surface area contributed by atoms with Crippen LogP contribution in [-0.4, -0.2) is 51.9 Å². The molecule has 7 heteroatoms. The number of methoxy groups -OCH3 is 1. The lowest BCUT2D eigenvalue weighted by molar-refractivity contribution is -0.138. The zero-order chi connectivity index (χ0) is 16.9. The molecule has 0 radical (unpaired) electrons. The van der Waals surface area contributed by atoms with E-state index in [9.17, 15) is 4.79 Å². The van der Waals surface area contributed by atoms with Crippen molar-refractivity contribution in [3.63, 3.8) is 0 Å². The maximum atomic E-state index is 12.6.